The summed E-state index contributed by atoms with van der Waals surface area (Å²) < 4.78 is 11.1. The molecule has 1 aromatic rings. The maximum atomic E-state index is 5.95. The van der Waals surface area contributed by atoms with E-state index in [1.807, 2.05) is 0 Å². The molecule has 2 nitrogen and oxygen atoms in total. The fraction of sp³-hybridized carbons (Fsp3) is 0.538. The third-order valence-corrected chi connectivity index (χ3v) is 2.68. The molecule has 0 fully saturated rings. The Labute approximate surface area is 91.2 Å². The van der Waals surface area contributed by atoms with Crippen molar-refractivity contribution in [1.29, 1.82) is 0 Å². The average Bonchev–Trinajstić information content (AvgIpc) is 2.40. The minimum absolute atomic E-state index is 0.0708. The second-order valence-electron chi connectivity index (χ2n) is 4.88. The number of fused-ring (bicyclic) bond motifs is 1. The van der Waals surface area contributed by atoms with Gasteiger partial charge < -0.3 is 9.47 Å². The van der Waals surface area contributed by atoms with Gasteiger partial charge in [-0.1, -0.05) is 17.7 Å². The highest BCUT2D eigenvalue weighted by Gasteiger charge is 2.31. The highest BCUT2D eigenvalue weighted by Crippen LogP contribution is 2.38. The number of benzene rings is 1. The van der Waals surface area contributed by atoms with E-state index < -0.39 is 0 Å². The molecule has 0 saturated heterocycles. The summed E-state index contributed by atoms with van der Waals surface area (Å²) in [6.45, 7) is 6.99. The van der Waals surface area contributed by atoms with Crippen LogP contribution in [-0.2, 0) is 17.8 Å². The van der Waals surface area contributed by atoms with E-state index in [0.29, 0.717) is 6.61 Å². The van der Waals surface area contributed by atoms with Crippen molar-refractivity contribution < 1.29 is 9.47 Å². The SMILES string of the molecule is COCc1cc(C)cc2c1OC(C)(C)C2. The van der Waals surface area contributed by atoms with Crippen LogP contribution in [-0.4, -0.2) is 12.7 Å². The summed E-state index contributed by atoms with van der Waals surface area (Å²) in [6.07, 6.45) is 0.987. The lowest BCUT2D eigenvalue weighted by molar-refractivity contribution is 0.130. The zero-order chi connectivity index (χ0) is 11.1. The number of rotatable bonds is 2. The molecule has 0 unspecified atom stereocenters. The molecule has 2 heteroatoms. The van der Waals surface area contributed by atoms with Gasteiger partial charge in [0.1, 0.15) is 11.4 Å². The van der Waals surface area contributed by atoms with E-state index in [4.69, 9.17) is 9.47 Å². The molecule has 0 spiro atoms. The first kappa shape index (κ1) is 10.5. The van der Waals surface area contributed by atoms with Gasteiger partial charge in [-0.15, -0.1) is 0 Å². The van der Waals surface area contributed by atoms with Crippen LogP contribution in [0.5, 0.6) is 5.75 Å². The molecule has 0 radical (unpaired) electrons. The summed E-state index contributed by atoms with van der Waals surface area (Å²) in [5, 5.41) is 0. The molecule has 0 bridgehead atoms. The van der Waals surface area contributed by atoms with Crippen molar-refractivity contribution in [2.45, 2.75) is 39.4 Å². The van der Waals surface area contributed by atoms with Crippen LogP contribution in [0.1, 0.15) is 30.5 Å². The van der Waals surface area contributed by atoms with Gasteiger partial charge in [0.25, 0.3) is 0 Å². The van der Waals surface area contributed by atoms with Crippen molar-refractivity contribution in [3.05, 3.63) is 28.8 Å². The lowest BCUT2D eigenvalue weighted by Gasteiger charge is -2.18. The molecule has 1 aliphatic rings. The molecule has 0 aliphatic carbocycles. The highest BCUT2D eigenvalue weighted by molar-refractivity contribution is 5.48. The van der Waals surface area contributed by atoms with E-state index in [0.717, 1.165) is 17.7 Å². The van der Waals surface area contributed by atoms with Gasteiger partial charge in [-0.3, -0.25) is 0 Å². The minimum Gasteiger partial charge on any atom is -0.487 e. The van der Waals surface area contributed by atoms with Crippen LogP contribution in [0.3, 0.4) is 0 Å². The van der Waals surface area contributed by atoms with Gasteiger partial charge >= 0.3 is 0 Å². The summed E-state index contributed by atoms with van der Waals surface area (Å²) in [4.78, 5) is 0. The lowest BCUT2D eigenvalue weighted by Crippen LogP contribution is -2.24. The molecule has 0 N–H and O–H groups in total. The van der Waals surface area contributed by atoms with Gasteiger partial charge in [-0.05, 0) is 26.3 Å². The van der Waals surface area contributed by atoms with E-state index in [1.54, 1.807) is 7.11 Å². The maximum absolute atomic E-state index is 5.95. The molecule has 15 heavy (non-hydrogen) atoms. The smallest absolute Gasteiger partial charge is 0.129 e. The molecule has 82 valence electrons. The maximum Gasteiger partial charge on any atom is 0.129 e. The Morgan fingerprint density at radius 2 is 2.13 bits per heavy atom. The Morgan fingerprint density at radius 1 is 1.40 bits per heavy atom. The zero-order valence-electron chi connectivity index (χ0n) is 9.89. The van der Waals surface area contributed by atoms with Gasteiger partial charge in [0.05, 0.1) is 6.61 Å². The third-order valence-electron chi connectivity index (χ3n) is 2.68. The molecular formula is C13H18O2. The first-order chi connectivity index (χ1) is 7.02. The topological polar surface area (TPSA) is 18.5 Å². The van der Waals surface area contributed by atoms with E-state index in [1.165, 1.54) is 11.1 Å². The summed E-state index contributed by atoms with van der Waals surface area (Å²) in [5.74, 6) is 1.03. The summed E-state index contributed by atoms with van der Waals surface area (Å²) in [7, 11) is 1.72. The number of hydrogen-bond donors (Lipinski definition) is 0. The summed E-state index contributed by atoms with van der Waals surface area (Å²) >= 11 is 0. The Morgan fingerprint density at radius 3 is 2.80 bits per heavy atom. The first-order valence-electron chi connectivity index (χ1n) is 5.32. The van der Waals surface area contributed by atoms with Crippen LogP contribution in [0.25, 0.3) is 0 Å². The van der Waals surface area contributed by atoms with Crippen molar-refractivity contribution in [2.75, 3.05) is 7.11 Å². The molecule has 1 aliphatic heterocycles. The Hall–Kier alpha value is -1.02. The molecule has 0 saturated carbocycles. The molecule has 1 aromatic carbocycles. The quantitative estimate of drug-likeness (QED) is 0.740. The standard InChI is InChI=1S/C13H18O2/c1-9-5-10-7-13(2,3)15-12(10)11(6-9)8-14-4/h5-6H,7-8H2,1-4H3. The predicted molar refractivity (Wildman–Crippen MR) is 60.3 cm³/mol. The molecule has 0 aromatic heterocycles. The minimum atomic E-state index is -0.0708. The fourth-order valence-electron chi connectivity index (χ4n) is 2.22. The van der Waals surface area contributed by atoms with Crippen molar-refractivity contribution in [1.82, 2.24) is 0 Å². The van der Waals surface area contributed by atoms with Gasteiger partial charge in [0.2, 0.25) is 0 Å². The van der Waals surface area contributed by atoms with E-state index >= 15 is 0 Å². The fourth-order valence-corrected chi connectivity index (χ4v) is 2.22. The average molecular weight is 206 g/mol. The zero-order valence-corrected chi connectivity index (χ0v) is 9.89. The molecule has 1 heterocycles. The van der Waals surface area contributed by atoms with E-state index in [-0.39, 0.29) is 5.60 Å². The molecule has 0 atom stereocenters. The van der Waals surface area contributed by atoms with Gasteiger partial charge in [-0.2, -0.15) is 0 Å². The molecule has 0 amide bonds. The second kappa shape index (κ2) is 3.53. The van der Waals surface area contributed by atoms with Gasteiger partial charge in [0.15, 0.2) is 0 Å². The van der Waals surface area contributed by atoms with Crippen LogP contribution in [0.4, 0.5) is 0 Å². The van der Waals surface area contributed by atoms with Crippen LogP contribution in [0.2, 0.25) is 0 Å². The first-order valence-corrected chi connectivity index (χ1v) is 5.32. The van der Waals surface area contributed by atoms with Crippen LogP contribution in [0.15, 0.2) is 12.1 Å². The van der Waals surface area contributed by atoms with Gasteiger partial charge in [-0.25, -0.2) is 0 Å². The van der Waals surface area contributed by atoms with Crippen molar-refractivity contribution in [2.24, 2.45) is 0 Å². The van der Waals surface area contributed by atoms with Crippen molar-refractivity contribution >= 4 is 0 Å². The van der Waals surface area contributed by atoms with Crippen LogP contribution in [0, 0.1) is 6.92 Å². The number of ether oxygens (including phenoxy) is 2. The summed E-state index contributed by atoms with van der Waals surface area (Å²) in [6, 6.07) is 4.35. The third kappa shape index (κ3) is 2.00. The second-order valence-corrected chi connectivity index (χ2v) is 4.88. The van der Waals surface area contributed by atoms with Crippen molar-refractivity contribution in [3.63, 3.8) is 0 Å². The highest BCUT2D eigenvalue weighted by atomic mass is 16.5. The number of methoxy groups -OCH3 is 1. The molecule has 2 rings (SSSR count). The van der Waals surface area contributed by atoms with Crippen molar-refractivity contribution in [3.8, 4) is 5.75 Å². The Bertz CT molecular complexity index is 380. The number of hydrogen-bond acceptors (Lipinski definition) is 2. The van der Waals surface area contributed by atoms with E-state index in [9.17, 15) is 0 Å². The van der Waals surface area contributed by atoms with E-state index in [2.05, 4.69) is 32.9 Å². The van der Waals surface area contributed by atoms with Crippen LogP contribution < -0.4 is 4.74 Å². The normalized spacial score (nSPS) is 17.3. The largest absolute Gasteiger partial charge is 0.487 e. The lowest BCUT2D eigenvalue weighted by atomic mass is 9.99. The number of aryl methyl sites for hydroxylation is 1. The van der Waals surface area contributed by atoms with Gasteiger partial charge in [0, 0.05) is 19.1 Å². The predicted octanol–water partition coefficient (Wildman–Crippen LogP) is 2.85. The Balaban J connectivity index is 2.43. The molecular weight excluding hydrogens is 188 g/mol. The Kier molecular flexibility index (Phi) is 2.47. The monoisotopic (exact) mass is 206 g/mol. The summed E-state index contributed by atoms with van der Waals surface area (Å²) in [5.41, 5.74) is 3.69. The van der Waals surface area contributed by atoms with Crippen LogP contribution >= 0.6 is 0 Å².